The number of para-hydroxylation sites is 1. The number of nitrogens with two attached hydrogens (primary N) is 1. The number of rotatable bonds is 1. The molecule has 0 saturated heterocycles. The van der Waals surface area contributed by atoms with E-state index < -0.39 is 0 Å². The van der Waals surface area contributed by atoms with Crippen LogP contribution in [-0.2, 0) is 0 Å². The van der Waals surface area contributed by atoms with Gasteiger partial charge in [0.25, 0.3) is 0 Å². The van der Waals surface area contributed by atoms with Gasteiger partial charge in [0.2, 0.25) is 0 Å². The lowest BCUT2D eigenvalue weighted by molar-refractivity contribution is 0.938. The number of nitrogen functional groups attached to an aromatic ring is 1. The van der Waals surface area contributed by atoms with Gasteiger partial charge in [0.1, 0.15) is 12.1 Å². The molecule has 0 aliphatic rings. The van der Waals surface area contributed by atoms with Gasteiger partial charge in [0, 0.05) is 17.1 Å². The maximum absolute atomic E-state index is 5.59. The molecule has 4 aromatic rings. The van der Waals surface area contributed by atoms with Gasteiger partial charge in [-0.3, -0.25) is 0 Å². The predicted octanol–water partition coefficient (Wildman–Crippen LogP) is 1.92. The average Bonchev–Trinajstić information content (AvgIpc) is 2.92. The zero-order chi connectivity index (χ0) is 13.5. The lowest BCUT2D eigenvalue weighted by Gasteiger charge is -1.96. The predicted molar refractivity (Wildman–Crippen MR) is 75.9 cm³/mol. The van der Waals surface area contributed by atoms with Crippen LogP contribution in [0.4, 0.5) is 5.82 Å². The lowest BCUT2D eigenvalue weighted by Crippen LogP contribution is -1.91. The third kappa shape index (κ3) is 1.58. The maximum Gasteiger partial charge on any atom is 0.183 e. The van der Waals surface area contributed by atoms with Gasteiger partial charge in [-0.15, -0.1) is 5.10 Å². The van der Waals surface area contributed by atoms with Gasteiger partial charge >= 0.3 is 0 Å². The van der Waals surface area contributed by atoms with Crippen molar-refractivity contribution < 1.29 is 0 Å². The Hall–Kier alpha value is -3.02. The number of hydrogen-bond donors (Lipinski definition) is 1. The fourth-order valence-electron chi connectivity index (χ4n) is 2.14. The first-order valence-corrected chi connectivity index (χ1v) is 6.13. The summed E-state index contributed by atoms with van der Waals surface area (Å²) in [6, 6.07) is 11.4. The molecule has 0 unspecified atom stereocenters. The molecule has 96 valence electrons. The summed E-state index contributed by atoms with van der Waals surface area (Å²) in [6.45, 7) is 0. The quantitative estimate of drug-likeness (QED) is 0.566. The summed E-state index contributed by atoms with van der Waals surface area (Å²) < 4.78 is 1.67. The van der Waals surface area contributed by atoms with E-state index in [4.69, 9.17) is 5.73 Å². The Labute approximate surface area is 113 Å². The second-order valence-corrected chi connectivity index (χ2v) is 4.44. The number of nitrogens with zero attached hydrogens (tertiary/aromatic N) is 5. The van der Waals surface area contributed by atoms with E-state index >= 15 is 0 Å². The summed E-state index contributed by atoms with van der Waals surface area (Å²) in [5.74, 6) is 1.08. The molecule has 6 heteroatoms. The lowest BCUT2D eigenvalue weighted by atomic mass is 10.2. The van der Waals surface area contributed by atoms with Crippen LogP contribution in [0.2, 0.25) is 0 Å². The van der Waals surface area contributed by atoms with E-state index in [1.807, 2.05) is 30.3 Å². The molecule has 0 spiro atoms. The molecule has 20 heavy (non-hydrogen) atoms. The third-order valence-electron chi connectivity index (χ3n) is 3.13. The molecule has 6 nitrogen and oxygen atoms in total. The maximum atomic E-state index is 5.59. The Balaban J connectivity index is 1.98. The number of fused-ring (bicyclic) bond motifs is 3. The number of pyridine rings is 1. The van der Waals surface area contributed by atoms with Crippen molar-refractivity contribution >= 4 is 22.4 Å². The highest BCUT2D eigenvalue weighted by molar-refractivity contribution is 5.91. The van der Waals surface area contributed by atoms with Crippen LogP contribution in [0.15, 0.2) is 48.9 Å². The first-order valence-electron chi connectivity index (χ1n) is 6.13. The highest BCUT2D eigenvalue weighted by Crippen LogP contribution is 2.20. The smallest absolute Gasteiger partial charge is 0.183 e. The number of anilines is 1. The summed E-state index contributed by atoms with van der Waals surface area (Å²) in [5.41, 5.74) is 8.09. The van der Waals surface area contributed by atoms with E-state index in [0.717, 1.165) is 22.1 Å². The Morgan fingerprint density at radius 3 is 2.75 bits per heavy atom. The monoisotopic (exact) mass is 262 g/mol. The van der Waals surface area contributed by atoms with Crippen molar-refractivity contribution in [3.05, 3.63) is 48.9 Å². The van der Waals surface area contributed by atoms with E-state index in [2.05, 4.69) is 20.1 Å². The summed E-state index contributed by atoms with van der Waals surface area (Å²) in [5, 5.41) is 5.39. The average molecular weight is 262 g/mol. The van der Waals surface area contributed by atoms with E-state index in [1.54, 1.807) is 23.1 Å². The van der Waals surface area contributed by atoms with Gasteiger partial charge < -0.3 is 5.73 Å². The van der Waals surface area contributed by atoms with E-state index in [9.17, 15) is 0 Å². The molecule has 0 aliphatic carbocycles. The van der Waals surface area contributed by atoms with E-state index in [1.165, 1.54) is 0 Å². The van der Waals surface area contributed by atoms with Gasteiger partial charge in [-0.1, -0.05) is 12.1 Å². The molecule has 3 heterocycles. The van der Waals surface area contributed by atoms with Gasteiger partial charge in [-0.2, -0.15) is 0 Å². The van der Waals surface area contributed by atoms with Crippen LogP contribution < -0.4 is 5.73 Å². The largest absolute Gasteiger partial charge is 0.384 e. The Kier molecular flexibility index (Phi) is 2.17. The zero-order valence-corrected chi connectivity index (χ0v) is 10.4. The summed E-state index contributed by atoms with van der Waals surface area (Å²) in [6.07, 6.45) is 3.33. The second-order valence-electron chi connectivity index (χ2n) is 4.44. The summed E-state index contributed by atoms with van der Waals surface area (Å²) >= 11 is 0. The first kappa shape index (κ1) is 10.9. The van der Waals surface area contributed by atoms with Crippen LogP contribution >= 0.6 is 0 Å². The zero-order valence-electron chi connectivity index (χ0n) is 10.4. The first-order chi connectivity index (χ1) is 9.81. The minimum absolute atomic E-state index is 0.477. The Bertz CT molecular complexity index is 910. The van der Waals surface area contributed by atoms with Gasteiger partial charge in [0.15, 0.2) is 11.5 Å². The summed E-state index contributed by atoms with van der Waals surface area (Å²) in [4.78, 5) is 13.0. The van der Waals surface area contributed by atoms with Crippen molar-refractivity contribution in [3.63, 3.8) is 0 Å². The van der Waals surface area contributed by atoms with Crippen molar-refractivity contribution in [2.75, 3.05) is 5.73 Å². The molecule has 4 rings (SSSR count). The molecule has 3 aromatic heterocycles. The Morgan fingerprint density at radius 2 is 1.90 bits per heavy atom. The number of benzene rings is 1. The van der Waals surface area contributed by atoms with E-state index in [-0.39, 0.29) is 0 Å². The third-order valence-corrected chi connectivity index (χ3v) is 3.13. The summed E-state index contributed by atoms with van der Waals surface area (Å²) in [7, 11) is 0. The molecule has 0 aliphatic heterocycles. The fourth-order valence-corrected chi connectivity index (χ4v) is 2.14. The van der Waals surface area contributed by atoms with E-state index in [0.29, 0.717) is 11.6 Å². The molecule has 0 amide bonds. The van der Waals surface area contributed by atoms with Crippen LogP contribution in [0.5, 0.6) is 0 Å². The van der Waals surface area contributed by atoms with Crippen molar-refractivity contribution in [2.24, 2.45) is 0 Å². The van der Waals surface area contributed by atoms with Crippen molar-refractivity contribution in [1.82, 2.24) is 24.6 Å². The number of hydrogen-bond acceptors (Lipinski definition) is 5. The van der Waals surface area contributed by atoms with Gasteiger partial charge in [0.05, 0.1) is 5.52 Å². The van der Waals surface area contributed by atoms with Gasteiger partial charge in [-0.05, 0) is 24.3 Å². The van der Waals surface area contributed by atoms with Crippen LogP contribution in [0.25, 0.3) is 27.9 Å². The van der Waals surface area contributed by atoms with Crippen molar-refractivity contribution in [2.45, 2.75) is 0 Å². The molecule has 0 atom stereocenters. The number of aromatic nitrogens is 5. The molecule has 0 bridgehead atoms. The highest BCUT2D eigenvalue weighted by atomic mass is 15.3. The van der Waals surface area contributed by atoms with Crippen LogP contribution in [0.3, 0.4) is 0 Å². The second kappa shape index (κ2) is 3.99. The van der Waals surface area contributed by atoms with Crippen LogP contribution in [-0.4, -0.2) is 24.6 Å². The van der Waals surface area contributed by atoms with Crippen LogP contribution in [0.1, 0.15) is 0 Å². The molecule has 0 radical (unpaired) electrons. The topological polar surface area (TPSA) is 82.0 Å². The molecular weight excluding hydrogens is 252 g/mol. The standard InChI is InChI=1S/C14H10N6/c15-12-6-5-9(7-16-12)13-18-14-10-3-1-2-4-11(10)17-8-20(14)19-13/h1-8H,(H2,15,16). The highest BCUT2D eigenvalue weighted by Gasteiger charge is 2.09. The molecule has 0 fully saturated rings. The van der Waals surface area contributed by atoms with Crippen molar-refractivity contribution in [1.29, 1.82) is 0 Å². The normalized spacial score (nSPS) is 11.2. The van der Waals surface area contributed by atoms with Crippen LogP contribution in [0, 0.1) is 0 Å². The Morgan fingerprint density at radius 1 is 1.00 bits per heavy atom. The molecule has 0 saturated carbocycles. The molecule has 1 aromatic carbocycles. The molecule has 2 N–H and O–H groups in total. The minimum atomic E-state index is 0.477. The fraction of sp³-hybridized carbons (Fsp3) is 0. The minimum Gasteiger partial charge on any atom is -0.384 e. The van der Waals surface area contributed by atoms with Crippen molar-refractivity contribution in [3.8, 4) is 11.4 Å². The van der Waals surface area contributed by atoms with Gasteiger partial charge in [-0.25, -0.2) is 19.5 Å². The molecular formula is C14H10N6. The SMILES string of the molecule is Nc1ccc(-c2nc3c4ccccc4ncn3n2)cn1.